The second kappa shape index (κ2) is 6.04. The molecule has 0 bridgehead atoms. The molecule has 0 spiro atoms. The van der Waals surface area contributed by atoms with Crippen molar-refractivity contribution in [1.29, 1.82) is 0 Å². The highest BCUT2D eigenvalue weighted by Gasteiger charge is 2.15. The maximum absolute atomic E-state index is 13.5. The van der Waals surface area contributed by atoms with Gasteiger partial charge >= 0.3 is 0 Å². The number of aromatic nitrogens is 1. The molecule has 2 N–H and O–H groups in total. The topological polar surface area (TPSA) is 48.1 Å². The highest BCUT2D eigenvalue weighted by Crippen LogP contribution is 2.30. The first-order chi connectivity index (χ1) is 8.99. The summed E-state index contributed by atoms with van der Waals surface area (Å²) in [5, 5.41) is 0. The number of nitrogens with two attached hydrogens (primary N) is 1. The molecule has 0 aliphatic heterocycles. The van der Waals surface area contributed by atoms with Gasteiger partial charge in [0, 0.05) is 16.2 Å². The molecule has 0 amide bonds. The van der Waals surface area contributed by atoms with Crippen LogP contribution < -0.4 is 10.5 Å². The second-order valence-corrected chi connectivity index (χ2v) is 5.93. The van der Waals surface area contributed by atoms with Gasteiger partial charge in [-0.05, 0) is 57.6 Å². The molecular weight excluding hydrogens is 426 g/mol. The fourth-order valence-corrected chi connectivity index (χ4v) is 2.72. The SMILES string of the molecule is CC(Oc1cc(Br)cnc1N)c1cccc(F)c1I. The van der Waals surface area contributed by atoms with Crippen LogP contribution in [0.1, 0.15) is 18.6 Å². The van der Waals surface area contributed by atoms with Crippen molar-refractivity contribution in [3.05, 3.63) is 49.9 Å². The van der Waals surface area contributed by atoms with Crippen LogP contribution in [-0.4, -0.2) is 4.98 Å². The highest BCUT2D eigenvalue weighted by molar-refractivity contribution is 14.1. The zero-order valence-electron chi connectivity index (χ0n) is 10.0. The fourth-order valence-electron chi connectivity index (χ4n) is 1.61. The molecule has 2 aromatic rings. The van der Waals surface area contributed by atoms with Crippen molar-refractivity contribution in [2.24, 2.45) is 0 Å². The summed E-state index contributed by atoms with van der Waals surface area (Å²) < 4.78 is 20.6. The number of halogens is 3. The molecule has 0 saturated heterocycles. The van der Waals surface area contributed by atoms with E-state index >= 15 is 0 Å². The van der Waals surface area contributed by atoms with E-state index in [1.807, 2.05) is 35.6 Å². The summed E-state index contributed by atoms with van der Waals surface area (Å²) in [6.07, 6.45) is 1.28. The van der Waals surface area contributed by atoms with Gasteiger partial charge in [-0.2, -0.15) is 0 Å². The Bertz CT molecular complexity index is 609. The molecule has 19 heavy (non-hydrogen) atoms. The summed E-state index contributed by atoms with van der Waals surface area (Å²) in [5.41, 5.74) is 6.53. The van der Waals surface area contributed by atoms with E-state index in [9.17, 15) is 4.39 Å². The van der Waals surface area contributed by atoms with Gasteiger partial charge in [-0.1, -0.05) is 12.1 Å². The van der Waals surface area contributed by atoms with Crippen molar-refractivity contribution in [2.45, 2.75) is 13.0 Å². The summed E-state index contributed by atoms with van der Waals surface area (Å²) >= 11 is 5.28. The van der Waals surface area contributed by atoms with Crippen LogP contribution in [0, 0.1) is 9.39 Å². The minimum absolute atomic E-state index is 0.256. The average Bonchev–Trinajstić information content (AvgIpc) is 2.37. The van der Waals surface area contributed by atoms with Crippen LogP contribution in [-0.2, 0) is 0 Å². The number of anilines is 1. The number of hydrogen-bond acceptors (Lipinski definition) is 3. The lowest BCUT2D eigenvalue weighted by Gasteiger charge is -2.17. The monoisotopic (exact) mass is 436 g/mol. The molecule has 0 aliphatic carbocycles. The van der Waals surface area contributed by atoms with Gasteiger partial charge in [-0.25, -0.2) is 9.37 Å². The van der Waals surface area contributed by atoms with E-state index in [0.717, 1.165) is 10.0 Å². The van der Waals surface area contributed by atoms with Gasteiger partial charge in [-0.3, -0.25) is 0 Å². The lowest BCUT2D eigenvalue weighted by atomic mass is 10.1. The predicted octanol–water partition coefficient (Wildman–Crippen LogP) is 4.31. The molecule has 3 nitrogen and oxygen atoms in total. The van der Waals surface area contributed by atoms with Crippen molar-refractivity contribution in [2.75, 3.05) is 5.73 Å². The fraction of sp³-hybridized carbons (Fsp3) is 0.154. The van der Waals surface area contributed by atoms with Crippen LogP contribution in [0.25, 0.3) is 0 Å². The number of pyridine rings is 1. The third-order valence-corrected chi connectivity index (χ3v) is 4.14. The Labute approximate surface area is 132 Å². The molecule has 2 rings (SSSR count). The van der Waals surface area contributed by atoms with Gasteiger partial charge in [-0.15, -0.1) is 0 Å². The normalized spacial score (nSPS) is 12.2. The Morgan fingerprint density at radius 3 is 2.95 bits per heavy atom. The van der Waals surface area contributed by atoms with E-state index in [0.29, 0.717) is 15.1 Å². The summed E-state index contributed by atoms with van der Waals surface area (Å²) in [5.74, 6) is 0.525. The molecule has 1 aromatic carbocycles. The minimum Gasteiger partial charge on any atom is -0.482 e. The Balaban J connectivity index is 2.28. The van der Waals surface area contributed by atoms with Crippen molar-refractivity contribution in [1.82, 2.24) is 4.98 Å². The molecule has 1 heterocycles. The molecular formula is C13H11BrFIN2O. The van der Waals surface area contributed by atoms with Gasteiger partial charge in [0.1, 0.15) is 11.9 Å². The van der Waals surface area contributed by atoms with Crippen molar-refractivity contribution >= 4 is 44.3 Å². The van der Waals surface area contributed by atoms with Crippen LogP contribution >= 0.6 is 38.5 Å². The van der Waals surface area contributed by atoms with Crippen LogP contribution in [0.4, 0.5) is 10.2 Å². The number of ether oxygens (including phenoxy) is 1. The van der Waals surface area contributed by atoms with E-state index in [-0.39, 0.29) is 11.9 Å². The molecule has 0 aliphatic rings. The van der Waals surface area contributed by atoms with Gasteiger partial charge in [0.15, 0.2) is 11.6 Å². The van der Waals surface area contributed by atoms with Gasteiger partial charge in [0.2, 0.25) is 0 Å². The number of benzene rings is 1. The largest absolute Gasteiger partial charge is 0.482 e. The Morgan fingerprint density at radius 2 is 2.21 bits per heavy atom. The van der Waals surface area contributed by atoms with E-state index in [4.69, 9.17) is 10.5 Å². The van der Waals surface area contributed by atoms with Gasteiger partial charge in [0.25, 0.3) is 0 Å². The summed E-state index contributed by atoms with van der Waals surface area (Å²) in [4.78, 5) is 4.00. The third kappa shape index (κ3) is 3.36. The maximum Gasteiger partial charge on any atom is 0.166 e. The van der Waals surface area contributed by atoms with Crippen LogP contribution in [0.5, 0.6) is 5.75 Å². The van der Waals surface area contributed by atoms with Crippen molar-refractivity contribution < 1.29 is 9.13 Å². The third-order valence-electron chi connectivity index (χ3n) is 2.57. The number of rotatable bonds is 3. The average molecular weight is 437 g/mol. The highest BCUT2D eigenvalue weighted by atomic mass is 127. The minimum atomic E-state index is -0.319. The predicted molar refractivity (Wildman–Crippen MR) is 84.5 cm³/mol. The first-order valence-electron chi connectivity index (χ1n) is 5.50. The van der Waals surface area contributed by atoms with E-state index < -0.39 is 0 Å². The first-order valence-corrected chi connectivity index (χ1v) is 7.38. The Morgan fingerprint density at radius 1 is 1.47 bits per heavy atom. The quantitative estimate of drug-likeness (QED) is 0.729. The second-order valence-electron chi connectivity index (χ2n) is 3.94. The lowest BCUT2D eigenvalue weighted by Crippen LogP contribution is -2.08. The summed E-state index contributed by atoms with van der Waals surface area (Å²) in [6, 6.07) is 6.66. The Kier molecular flexibility index (Phi) is 4.62. The standard InChI is InChI=1S/C13H11BrFIN2O/c1-7(9-3-2-4-10(15)12(9)16)19-11-5-8(14)6-18-13(11)17/h2-7H,1H3,(H2,17,18). The zero-order valence-corrected chi connectivity index (χ0v) is 13.8. The molecule has 1 unspecified atom stereocenters. The summed E-state index contributed by atoms with van der Waals surface area (Å²) in [7, 11) is 0. The van der Waals surface area contributed by atoms with E-state index in [2.05, 4.69) is 20.9 Å². The molecule has 100 valence electrons. The van der Waals surface area contributed by atoms with Gasteiger partial charge < -0.3 is 10.5 Å². The number of nitrogens with zero attached hydrogens (tertiary/aromatic N) is 1. The van der Waals surface area contributed by atoms with Crippen LogP contribution in [0.2, 0.25) is 0 Å². The van der Waals surface area contributed by atoms with Crippen molar-refractivity contribution in [3.63, 3.8) is 0 Å². The van der Waals surface area contributed by atoms with E-state index in [1.54, 1.807) is 18.3 Å². The van der Waals surface area contributed by atoms with Crippen LogP contribution in [0.3, 0.4) is 0 Å². The number of nitrogen functional groups attached to an aromatic ring is 1. The first kappa shape index (κ1) is 14.5. The van der Waals surface area contributed by atoms with Gasteiger partial charge in [0.05, 0.1) is 3.57 Å². The molecule has 0 radical (unpaired) electrons. The molecule has 6 heteroatoms. The molecule has 1 aromatic heterocycles. The number of hydrogen-bond donors (Lipinski definition) is 1. The molecule has 1 atom stereocenters. The van der Waals surface area contributed by atoms with E-state index in [1.165, 1.54) is 6.07 Å². The van der Waals surface area contributed by atoms with Crippen molar-refractivity contribution in [3.8, 4) is 5.75 Å². The maximum atomic E-state index is 13.5. The van der Waals surface area contributed by atoms with Crippen LogP contribution in [0.15, 0.2) is 34.9 Å². The zero-order chi connectivity index (χ0) is 14.0. The smallest absolute Gasteiger partial charge is 0.166 e. The molecule has 0 saturated carbocycles. The lowest BCUT2D eigenvalue weighted by molar-refractivity contribution is 0.226. The Hall–Kier alpha value is -0.890. The molecule has 0 fully saturated rings. The summed E-state index contributed by atoms with van der Waals surface area (Å²) in [6.45, 7) is 1.84.